The molecule has 112 valence electrons. The van der Waals surface area contributed by atoms with Crippen molar-refractivity contribution < 1.29 is 14.3 Å². The Bertz CT molecular complexity index is 808. The van der Waals surface area contributed by atoms with Gasteiger partial charge in [-0.05, 0) is 46.7 Å². The van der Waals surface area contributed by atoms with Gasteiger partial charge in [-0.25, -0.2) is 4.79 Å². The van der Waals surface area contributed by atoms with Gasteiger partial charge in [0, 0.05) is 6.61 Å². The van der Waals surface area contributed by atoms with E-state index in [0.29, 0.717) is 18.8 Å². The lowest BCUT2D eigenvalue weighted by Gasteiger charge is -2.09. The molecule has 0 spiro atoms. The molecule has 3 aromatic rings. The third-order valence-corrected chi connectivity index (χ3v) is 3.63. The van der Waals surface area contributed by atoms with Gasteiger partial charge in [-0.2, -0.15) is 0 Å². The molecule has 22 heavy (non-hydrogen) atoms. The van der Waals surface area contributed by atoms with E-state index >= 15 is 0 Å². The molecule has 0 aliphatic rings. The van der Waals surface area contributed by atoms with Crippen molar-refractivity contribution in [2.75, 3.05) is 19.8 Å². The Balaban J connectivity index is 1.95. The lowest BCUT2D eigenvalue weighted by Crippen LogP contribution is -2.11. The van der Waals surface area contributed by atoms with Crippen molar-refractivity contribution in [3.8, 4) is 0 Å². The molecular weight excluding hydrogens is 276 g/mol. The van der Waals surface area contributed by atoms with Gasteiger partial charge in [-0.15, -0.1) is 0 Å². The topological polar surface area (TPSA) is 35.5 Å². The number of hydrogen-bond donors (Lipinski definition) is 0. The van der Waals surface area contributed by atoms with Crippen LogP contribution in [0, 0.1) is 0 Å². The van der Waals surface area contributed by atoms with Crippen LogP contribution in [0.25, 0.3) is 21.5 Å². The maximum atomic E-state index is 12.3. The molecule has 0 aliphatic heterocycles. The highest BCUT2D eigenvalue weighted by atomic mass is 16.6. The molecule has 0 saturated heterocycles. The predicted octanol–water partition coefficient (Wildman–Crippen LogP) is 4.19. The molecule has 3 heteroatoms. The lowest BCUT2D eigenvalue weighted by molar-refractivity contribution is 0.0337. The quantitative estimate of drug-likeness (QED) is 0.402. The summed E-state index contributed by atoms with van der Waals surface area (Å²) in [5.41, 5.74) is 0.597. The van der Waals surface area contributed by atoms with Crippen molar-refractivity contribution in [3.63, 3.8) is 0 Å². The fraction of sp³-hybridized carbons (Fsp3) is 0.211. The Morgan fingerprint density at radius 2 is 1.64 bits per heavy atom. The third kappa shape index (κ3) is 2.95. The second-order valence-electron chi connectivity index (χ2n) is 5.06. The predicted molar refractivity (Wildman–Crippen MR) is 88.2 cm³/mol. The summed E-state index contributed by atoms with van der Waals surface area (Å²) >= 11 is 0. The van der Waals surface area contributed by atoms with E-state index in [0.717, 1.165) is 21.5 Å². The smallest absolute Gasteiger partial charge is 0.338 e. The van der Waals surface area contributed by atoms with Crippen LogP contribution in [-0.4, -0.2) is 25.8 Å². The van der Waals surface area contributed by atoms with Crippen molar-refractivity contribution in [2.24, 2.45) is 0 Å². The summed E-state index contributed by atoms with van der Waals surface area (Å²) in [6, 6.07) is 18.0. The minimum atomic E-state index is -0.305. The number of carbonyl (C=O) groups excluding carboxylic acids is 1. The van der Waals surface area contributed by atoms with Gasteiger partial charge in [-0.1, -0.05) is 36.4 Å². The molecule has 3 aromatic carbocycles. The van der Waals surface area contributed by atoms with Gasteiger partial charge in [0.05, 0.1) is 12.2 Å². The monoisotopic (exact) mass is 294 g/mol. The first kappa shape index (κ1) is 14.5. The van der Waals surface area contributed by atoms with Crippen molar-refractivity contribution in [1.82, 2.24) is 0 Å². The maximum Gasteiger partial charge on any atom is 0.338 e. The normalized spacial score (nSPS) is 11.0. The Kier molecular flexibility index (Phi) is 4.35. The average Bonchev–Trinajstić information content (AvgIpc) is 2.56. The molecule has 0 atom stereocenters. The number of benzene rings is 3. The zero-order valence-corrected chi connectivity index (χ0v) is 12.5. The molecule has 0 bridgehead atoms. The summed E-state index contributed by atoms with van der Waals surface area (Å²) in [7, 11) is 0. The van der Waals surface area contributed by atoms with Gasteiger partial charge in [0.1, 0.15) is 6.61 Å². The Morgan fingerprint density at radius 3 is 2.41 bits per heavy atom. The molecule has 0 aliphatic carbocycles. The van der Waals surface area contributed by atoms with Crippen LogP contribution in [0.1, 0.15) is 17.3 Å². The van der Waals surface area contributed by atoms with Crippen molar-refractivity contribution in [3.05, 3.63) is 60.2 Å². The lowest BCUT2D eigenvalue weighted by atomic mass is 10.00. The van der Waals surface area contributed by atoms with Crippen LogP contribution in [0.4, 0.5) is 0 Å². The summed E-state index contributed by atoms with van der Waals surface area (Å²) in [6.07, 6.45) is 0. The number of fused-ring (bicyclic) bond motifs is 2. The van der Waals surface area contributed by atoms with Crippen LogP contribution in [0.15, 0.2) is 54.6 Å². The van der Waals surface area contributed by atoms with Crippen LogP contribution in [0.3, 0.4) is 0 Å². The number of ether oxygens (including phenoxy) is 2. The summed E-state index contributed by atoms with van der Waals surface area (Å²) in [4.78, 5) is 12.3. The summed E-state index contributed by atoms with van der Waals surface area (Å²) < 4.78 is 10.5. The molecule has 0 unspecified atom stereocenters. The van der Waals surface area contributed by atoms with Crippen LogP contribution >= 0.6 is 0 Å². The minimum Gasteiger partial charge on any atom is -0.460 e. The number of hydrogen-bond acceptors (Lipinski definition) is 3. The first-order valence-corrected chi connectivity index (χ1v) is 7.46. The van der Waals surface area contributed by atoms with Gasteiger partial charge >= 0.3 is 5.97 Å². The van der Waals surface area contributed by atoms with E-state index in [-0.39, 0.29) is 12.6 Å². The highest BCUT2D eigenvalue weighted by Gasteiger charge is 2.11. The molecule has 0 amide bonds. The first-order valence-electron chi connectivity index (χ1n) is 7.46. The summed E-state index contributed by atoms with van der Waals surface area (Å²) in [5, 5.41) is 4.24. The highest BCUT2D eigenvalue weighted by molar-refractivity contribution is 6.08. The number of carbonyl (C=O) groups is 1. The standard InChI is InChI=1S/C19H18O3/c1-2-21-10-11-22-19(20)17-9-5-8-16-12-14-6-3-4-7-15(14)13-18(16)17/h3-9,12-13H,2,10-11H2,1H3. The van der Waals surface area contributed by atoms with Gasteiger partial charge in [0.2, 0.25) is 0 Å². The maximum absolute atomic E-state index is 12.3. The zero-order valence-electron chi connectivity index (χ0n) is 12.5. The summed E-state index contributed by atoms with van der Waals surface area (Å²) in [5.74, 6) is -0.305. The van der Waals surface area contributed by atoms with Crippen LogP contribution in [-0.2, 0) is 9.47 Å². The molecule has 0 radical (unpaired) electrons. The van der Waals surface area contributed by atoms with Crippen molar-refractivity contribution in [2.45, 2.75) is 6.92 Å². The molecule has 0 heterocycles. The van der Waals surface area contributed by atoms with Gasteiger partial charge in [0.15, 0.2) is 0 Å². The Morgan fingerprint density at radius 1 is 0.909 bits per heavy atom. The van der Waals surface area contributed by atoms with E-state index in [4.69, 9.17) is 9.47 Å². The second kappa shape index (κ2) is 6.58. The van der Waals surface area contributed by atoms with E-state index < -0.39 is 0 Å². The van der Waals surface area contributed by atoms with E-state index in [1.54, 1.807) is 6.07 Å². The Labute approximate surface area is 129 Å². The van der Waals surface area contributed by atoms with E-state index in [9.17, 15) is 4.79 Å². The molecule has 0 fully saturated rings. The largest absolute Gasteiger partial charge is 0.460 e. The zero-order chi connectivity index (χ0) is 15.4. The molecule has 0 N–H and O–H groups in total. The minimum absolute atomic E-state index is 0.274. The molecule has 3 nitrogen and oxygen atoms in total. The van der Waals surface area contributed by atoms with Crippen LogP contribution in [0.5, 0.6) is 0 Å². The van der Waals surface area contributed by atoms with E-state index in [1.165, 1.54) is 0 Å². The van der Waals surface area contributed by atoms with E-state index in [1.807, 2.05) is 43.3 Å². The molecular formula is C19H18O3. The SMILES string of the molecule is CCOCCOC(=O)c1cccc2cc3ccccc3cc12. The van der Waals surface area contributed by atoms with Gasteiger partial charge < -0.3 is 9.47 Å². The molecule has 0 aromatic heterocycles. The fourth-order valence-electron chi connectivity index (χ4n) is 2.56. The van der Waals surface area contributed by atoms with Crippen LogP contribution < -0.4 is 0 Å². The summed E-state index contributed by atoms with van der Waals surface area (Å²) in [6.45, 7) is 3.24. The van der Waals surface area contributed by atoms with Crippen molar-refractivity contribution in [1.29, 1.82) is 0 Å². The van der Waals surface area contributed by atoms with Gasteiger partial charge in [0.25, 0.3) is 0 Å². The first-order chi connectivity index (χ1) is 10.8. The Hall–Kier alpha value is -2.39. The molecule has 3 rings (SSSR count). The highest BCUT2D eigenvalue weighted by Crippen LogP contribution is 2.25. The van der Waals surface area contributed by atoms with Crippen molar-refractivity contribution >= 4 is 27.5 Å². The number of esters is 1. The third-order valence-electron chi connectivity index (χ3n) is 3.63. The average molecular weight is 294 g/mol. The molecule has 0 saturated carbocycles. The number of rotatable bonds is 5. The second-order valence-corrected chi connectivity index (χ2v) is 5.06. The van der Waals surface area contributed by atoms with Crippen LogP contribution in [0.2, 0.25) is 0 Å². The van der Waals surface area contributed by atoms with Gasteiger partial charge in [-0.3, -0.25) is 0 Å². The fourth-order valence-corrected chi connectivity index (χ4v) is 2.56. The van der Waals surface area contributed by atoms with E-state index in [2.05, 4.69) is 12.1 Å².